The third kappa shape index (κ3) is 3.35. The Balaban J connectivity index is 1.48. The van der Waals surface area contributed by atoms with Crippen LogP contribution in [-0.4, -0.2) is 4.98 Å². The molecule has 1 aromatic heterocycles. The van der Waals surface area contributed by atoms with E-state index in [0.717, 1.165) is 32.8 Å². The number of rotatable bonds is 4. The Labute approximate surface area is 153 Å². The Hall–Kier alpha value is -2.17. The van der Waals surface area contributed by atoms with Gasteiger partial charge in [-0.25, -0.2) is 4.98 Å². The van der Waals surface area contributed by atoms with Gasteiger partial charge < -0.3 is 5.32 Å². The van der Waals surface area contributed by atoms with Crippen molar-refractivity contribution in [3.8, 4) is 10.6 Å². The van der Waals surface area contributed by atoms with E-state index in [1.807, 2.05) is 6.07 Å². The molecule has 0 aliphatic rings. The second-order valence-corrected chi connectivity index (χ2v) is 7.49. The van der Waals surface area contributed by atoms with Crippen molar-refractivity contribution in [1.29, 1.82) is 0 Å². The maximum absolute atomic E-state index is 4.71. The molecule has 0 fully saturated rings. The molecule has 24 heavy (non-hydrogen) atoms. The van der Waals surface area contributed by atoms with Gasteiger partial charge in [0.05, 0.1) is 10.2 Å². The molecule has 4 heteroatoms. The van der Waals surface area contributed by atoms with Crippen molar-refractivity contribution in [2.45, 2.75) is 6.54 Å². The predicted molar refractivity (Wildman–Crippen MR) is 107 cm³/mol. The molecule has 0 atom stereocenters. The van der Waals surface area contributed by atoms with Gasteiger partial charge in [0.1, 0.15) is 5.01 Å². The van der Waals surface area contributed by atoms with E-state index in [1.54, 1.807) is 11.3 Å². The Morgan fingerprint density at radius 2 is 1.62 bits per heavy atom. The second kappa shape index (κ2) is 6.75. The summed E-state index contributed by atoms with van der Waals surface area (Å²) in [4.78, 5) is 4.71. The van der Waals surface area contributed by atoms with Crippen molar-refractivity contribution in [3.63, 3.8) is 0 Å². The minimum atomic E-state index is 0.813. The largest absolute Gasteiger partial charge is 0.381 e. The van der Waals surface area contributed by atoms with Gasteiger partial charge in [-0.2, -0.15) is 0 Å². The predicted octanol–water partition coefficient (Wildman–Crippen LogP) is 6.34. The van der Waals surface area contributed by atoms with Gasteiger partial charge in [0.15, 0.2) is 0 Å². The van der Waals surface area contributed by atoms with Crippen molar-refractivity contribution in [2.24, 2.45) is 0 Å². The normalized spacial score (nSPS) is 10.9. The summed E-state index contributed by atoms with van der Waals surface area (Å²) in [6, 6.07) is 25.1. The monoisotopic (exact) mass is 394 g/mol. The van der Waals surface area contributed by atoms with Gasteiger partial charge in [0.25, 0.3) is 0 Å². The van der Waals surface area contributed by atoms with Crippen LogP contribution in [0, 0.1) is 0 Å². The fourth-order valence-corrected chi connectivity index (χ4v) is 3.77. The molecule has 3 aromatic carbocycles. The molecule has 0 saturated carbocycles. The lowest BCUT2D eigenvalue weighted by molar-refractivity contribution is 1.15. The summed E-state index contributed by atoms with van der Waals surface area (Å²) in [5, 5.41) is 4.52. The van der Waals surface area contributed by atoms with Crippen LogP contribution in [0.5, 0.6) is 0 Å². The molecule has 2 nitrogen and oxygen atoms in total. The third-order valence-corrected chi connectivity index (χ3v) is 5.45. The van der Waals surface area contributed by atoms with Crippen molar-refractivity contribution in [2.75, 3.05) is 5.32 Å². The molecule has 0 aliphatic carbocycles. The number of hydrogen-bond donors (Lipinski definition) is 1. The molecular formula is C20H15BrN2S. The molecule has 0 radical (unpaired) electrons. The zero-order chi connectivity index (χ0) is 16.4. The first-order valence-electron chi connectivity index (χ1n) is 7.72. The Morgan fingerprint density at radius 1 is 0.875 bits per heavy atom. The van der Waals surface area contributed by atoms with Gasteiger partial charge >= 0.3 is 0 Å². The fourth-order valence-electron chi connectivity index (χ4n) is 2.53. The van der Waals surface area contributed by atoms with Crippen molar-refractivity contribution >= 4 is 43.2 Å². The van der Waals surface area contributed by atoms with Gasteiger partial charge in [-0.1, -0.05) is 40.2 Å². The van der Waals surface area contributed by atoms with E-state index >= 15 is 0 Å². The molecule has 0 spiro atoms. The number of nitrogens with zero attached hydrogens (tertiary/aromatic N) is 1. The number of thiazole rings is 1. The highest BCUT2D eigenvalue weighted by Gasteiger charge is 2.05. The van der Waals surface area contributed by atoms with Gasteiger partial charge in [-0.05, 0) is 54.1 Å². The van der Waals surface area contributed by atoms with E-state index in [0.29, 0.717) is 0 Å². The zero-order valence-electron chi connectivity index (χ0n) is 12.9. The quantitative estimate of drug-likeness (QED) is 0.436. The van der Waals surface area contributed by atoms with E-state index < -0.39 is 0 Å². The van der Waals surface area contributed by atoms with E-state index in [2.05, 4.69) is 88.0 Å². The van der Waals surface area contributed by atoms with E-state index in [-0.39, 0.29) is 0 Å². The van der Waals surface area contributed by atoms with Gasteiger partial charge in [0.2, 0.25) is 0 Å². The summed E-state index contributed by atoms with van der Waals surface area (Å²) in [6.45, 7) is 0.813. The highest BCUT2D eigenvalue weighted by molar-refractivity contribution is 9.10. The van der Waals surface area contributed by atoms with Crippen LogP contribution in [0.2, 0.25) is 0 Å². The molecule has 118 valence electrons. The summed E-state index contributed by atoms with van der Waals surface area (Å²) in [6.07, 6.45) is 0. The molecule has 0 saturated heterocycles. The first-order chi connectivity index (χ1) is 11.8. The van der Waals surface area contributed by atoms with Crippen molar-refractivity contribution in [3.05, 3.63) is 82.8 Å². The van der Waals surface area contributed by atoms with Crippen LogP contribution >= 0.6 is 27.3 Å². The molecule has 0 unspecified atom stereocenters. The highest BCUT2D eigenvalue weighted by Crippen LogP contribution is 2.30. The maximum Gasteiger partial charge on any atom is 0.124 e. The lowest BCUT2D eigenvalue weighted by Gasteiger charge is -2.07. The van der Waals surface area contributed by atoms with Crippen LogP contribution in [0.3, 0.4) is 0 Å². The number of anilines is 1. The standard InChI is InChI=1S/C20H15BrN2S/c21-16-9-5-14(6-10-16)13-22-17-11-7-15(8-12-17)20-23-18-3-1-2-4-19(18)24-20/h1-12,22H,13H2. The van der Waals surface area contributed by atoms with E-state index in [9.17, 15) is 0 Å². The molecular weight excluding hydrogens is 380 g/mol. The van der Waals surface area contributed by atoms with Crippen LogP contribution < -0.4 is 5.32 Å². The van der Waals surface area contributed by atoms with Gasteiger partial charge in [-0.15, -0.1) is 11.3 Å². The molecule has 0 amide bonds. The lowest BCUT2D eigenvalue weighted by Crippen LogP contribution is -1.98. The van der Waals surface area contributed by atoms with Crippen molar-refractivity contribution in [1.82, 2.24) is 4.98 Å². The Bertz CT molecular complexity index is 926. The molecule has 4 aromatic rings. The van der Waals surface area contributed by atoms with Crippen LogP contribution in [0.15, 0.2) is 77.3 Å². The minimum Gasteiger partial charge on any atom is -0.381 e. The number of benzene rings is 3. The lowest BCUT2D eigenvalue weighted by atomic mass is 10.2. The minimum absolute atomic E-state index is 0.813. The fraction of sp³-hybridized carbons (Fsp3) is 0.0500. The molecule has 1 heterocycles. The van der Waals surface area contributed by atoms with Crippen LogP contribution in [0.25, 0.3) is 20.8 Å². The molecule has 0 aliphatic heterocycles. The number of aromatic nitrogens is 1. The van der Waals surface area contributed by atoms with E-state index in [1.165, 1.54) is 10.3 Å². The number of nitrogens with one attached hydrogen (secondary N) is 1. The zero-order valence-corrected chi connectivity index (χ0v) is 15.3. The number of fused-ring (bicyclic) bond motifs is 1. The second-order valence-electron chi connectivity index (χ2n) is 5.54. The van der Waals surface area contributed by atoms with Gasteiger partial charge in [-0.3, -0.25) is 0 Å². The highest BCUT2D eigenvalue weighted by atomic mass is 79.9. The number of para-hydroxylation sites is 1. The van der Waals surface area contributed by atoms with Crippen LogP contribution in [-0.2, 0) is 6.54 Å². The first kappa shape index (κ1) is 15.4. The number of hydrogen-bond acceptors (Lipinski definition) is 3. The Kier molecular flexibility index (Phi) is 4.32. The SMILES string of the molecule is Brc1ccc(CNc2ccc(-c3nc4ccccc4s3)cc2)cc1. The smallest absolute Gasteiger partial charge is 0.124 e. The van der Waals surface area contributed by atoms with Crippen LogP contribution in [0.1, 0.15) is 5.56 Å². The first-order valence-corrected chi connectivity index (χ1v) is 9.33. The van der Waals surface area contributed by atoms with Crippen LogP contribution in [0.4, 0.5) is 5.69 Å². The molecule has 1 N–H and O–H groups in total. The topological polar surface area (TPSA) is 24.9 Å². The van der Waals surface area contributed by atoms with Gasteiger partial charge in [0, 0.05) is 22.3 Å². The third-order valence-electron chi connectivity index (χ3n) is 3.84. The average molecular weight is 395 g/mol. The summed E-state index contributed by atoms with van der Waals surface area (Å²) in [5.74, 6) is 0. The van der Waals surface area contributed by atoms with Crippen molar-refractivity contribution < 1.29 is 0 Å². The maximum atomic E-state index is 4.71. The summed E-state index contributed by atoms with van der Waals surface area (Å²) in [7, 11) is 0. The summed E-state index contributed by atoms with van der Waals surface area (Å²) < 4.78 is 2.33. The average Bonchev–Trinajstić information content (AvgIpc) is 3.06. The number of halogens is 1. The molecule has 0 bridgehead atoms. The Morgan fingerprint density at radius 3 is 2.38 bits per heavy atom. The van der Waals surface area contributed by atoms with E-state index in [4.69, 9.17) is 4.98 Å². The molecule has 4 rings (SSSR count). The summed E-state index contributed by atoms with van der Waals surface area (Å²) in [5.41, 5.74) is 4.59. The summed E-state index contributed by atoms with van der Waals surface area (Å²) >= 11 is 5.19.